The fraction of sp³-hybridized carbons (Fsp3) is 0.647. The van der Waals surface area contributed by atoms with Crippen LogP contribution in [0.2, 0.25) is 0 Å². The number of likely N-dealkylation sites (tertiary alicyclic amines) is 1. The molecule has 1 aromatic carbocycles. The summed E-state index contributed by atoms with van der Waals surface area (Å²) in [5.41, 5.74) is 11.8. The Morgan fingerprint density at radius 1 is 1.21 bits per heavy atom. The standard InChI is InChI=1S/C17H28N2/c1-11(2)19-7-6-15(10-18)17(19)16-13(4)8-12(3)9-14(16)5/h8-9,11,15,17H,6-7,10,18H2,1-5H3. The molecule has 0 aromatic heterocycles. The lowest BCUT2D eigenvalue weighted by Crippen LogP contribution is -2.34. The fourth-order valence-electron chi connectivity index (χ4n) is 3.77. The Hall–Kier alpha value is -0.860. The van der Waals surface area contributed by atoms with E-state index in [0.717, 1.165) is 6.54 Å². The van der Waals surface area contributed by atoms with E-state index in [1.165, 1.54) is 35.2 Å². The highest BCUT2D eigenvalue weighted by Crippen LogP contribution is 2.40. The second-order valence-electron chi connectivity index (χ2n) is 6.37. The van der Waals surface area contributed by atoms with Gasteiger partial charge in [0.25, 0.3) is 0 Å². The Balaban J connectivity index is 2.47. The first-order valence-electron chi connectivity index (χ1n) is 7.49. The zero-order valence-electron chi connectivity index (χ0n) is 13.0. The summed E-state index contributed by atoms with van der Waals surface area (Å²) in [6, 6.07) is 5.71. The molecule has 19 heavy (non-hydrogen) atoms. The summed E-state index contributed by atoms with van der Waals surface area (Å²) in [4.78, 5) is 2.63. The summed E-state index contributed by atoms with van der Waals surface area (Å²) in [5, 5.41) is 0. The van der Waals surface area contributed by atoms with Crippen molar-refractivity contribution in [3.63, 3.8) is 0 Å². The van der Waals surface area contributed by atoms with Crippen molar-refractivity contribution >= 4 is 0 Å². The van der Waals surface area contributed by atoms with E-state index in [1.54, 1.807) is 0 Å². The van der Waals surface area contributed by atoms with Gasteiger partial charge in [-0.25, -0.2) is 0 Å². The van der Waals surface area contributed by atoms with Gasteiger partial charge in [0.05, 0.1) is 0 Å². The number of hydrogen-bond donors (Lipinski definition) is 1. The van der Waals surface area contributed by atoms with Gasteiger partial charge in [-0.2, -0.15) is 0 Å². The van der Waals surface area contributed by atoms with Crippen LogP contribution in [0.15, 0.2) is 12.1 Å². The van der Waals surface area contributed by atoms with Crippen LogP contribution >= 0.6 is 0 Å². The topological polar surface area (TPSA) is 29.3 Å². The Bertz CT molecular complexity index is 428. The maximum atomic E-state index is 6.03. The average Bonchev–Trinajstić information content (AvgIpc) is 2.71. The summed E-state index contributed by atoms with van der Waals surface area (Å²) in [5.74, 6) is 0.600. The van der Waals surface area contributed by atoms with E-state index in [-0.39, 0.29) is 0 Å². The van der Waals surface area contributed by atoms with Crippen LogP contribution in [0.1, 0.15) is 48.6 Å². The lowest BCUT2D eigenvalue weighted by Gasteiger charge is -2.33. The summed E-state index contributed by atoms with van der Waals surface area (Å²) < 4.78 is 0. The first kappa shape index (κ1) is 14.5. The molecule has 106 valence electrons. The van der Waals surface area contributed by atoms with Crippen LogP contribution in [0.25, 0.3) is 0 Å². The minimum atomic E-state index is 0.505. The molecule has 0 amide bonds. The summed E-state index contributed by atoms with van der Waals surface area (Å²) in [6.07, 6.45) is 1.23. The average molecular weight is 260 g/mol. The molecule has 0 radical (unpaired) electrons. The van der Waals surface area contributed by atoms with Crippen molar-refractivity contribution in [3.05, 3.63) is 34.4 Å². The number of nitrogens with zero attached hydrogens (tertiary/aromatic N) is 1. The van der Waals surface area contributed by atoms with Crippen molar-refractivity contribution in [2.24, 2.45) is 11.7 Å². The zero-order chi connectivity index (χ0) is 14.2. The predicted octanol–water partition coefficient (Wildman–Crippen LogP) is 3.34. The normalized spacial score (nSPS) is 24.4. The largest absolute Gasteiger partial charge is 0.330 e. The van der Waals surface area contributed by atoms with Crippen molar-refractivity contribution in [1.82, 2.24) is 4.90 Å². The van der Waals surface area contributed by atoms with Crippen LogP contribution in [0.4, 0.5) is 0 Å². The summed E-state index contributed by atoms with van der Waals surface area (Å²) in [7, 11) is 0. The molecule has 0 aliphatic carbocycles. The molecule has 2 N–H and O–H groups in total. The molecule has 2 rings (SSSR count). The Labute approximate surface area is 118 Å². The third-order valence-electron chi connectivity index (χ3n) is 4.56. The zero-order valence-corrected chi connectivity index (χ0v) is 13.0. The van der Waals surface area contributed by atoms with Crippen LogP contribution in [-0.4, -0.2) is 24.0 Å². The summed E-state index contributed by atoms with van der Waals surface area (Å²) >= 11 is 0. The van der Waals surface area contributed by atoms with Crippen molar-refractivity contribution in [1.29, 1.82) is 0 Å². The van der Waals surface area contributed by atoms with Gasteiger partial charge in [0.1, 0.15) is 0 Å². The number of aryl methyl sites for hydroxylation is 3. The van der Waals surface area contributed by atoms with Crippen molar-refractivity contribution in [2.75, 3.05) is 13.1 Å². The third kappa shape index (κ3) is 2.70. The van der Waals surface area contributed by atoms with Gasteiger partial charge in [-0.05, 0) is 76.7 Å². The Morgan fingerprint density at radius 2 is 1.79 bits per heavy atom. The quantitative estimate of drug-likeness (QED) is 0.903. The Kier molecular flexibility index (Phi) is 4.32. The van der Waals surface area contributed by atoms with Gasteiger partial charge in [-0.15, -0.1) is 0 Å². The van der Waals surface area contributed by atoms with Crippen LogP contribution in [0.3, 0.4) is 0 Å². The van der Waals surface area contributed by atoms with E-state index in [4.69, 9.17) is 5.73 Å². The maximum Gasteiger partial charge on any atom is 0.0396 e. The van der Waals surface area contributed by atoms with E-state index >= 15 is 0 Å². The van der Waals surface area contributed by atoms with Gasteiger partial charge in [0, 0.05) is 12.1 Å². The van der Waals surface area contributed by atoms with Gasteiger partial charge >= 0.3 is 0 Å². The molecule has 0 saturated carbocycles. The van der Waals surface area contributed by atoms with Gasteiger partial charge in [0.2, 0.25) is 0 Å². The second-order valence-corrected chi connectivity index (χ2v) is 6.37. The molecule has 0 spiro atoms. The Morgan fingerprint density at radius 3 is 2.26 bits per heavy atom. The molecule has 1 aliphatic heterocycles. The lowest BCUT2D eigenvalue weighted by atomic mass is 9.86. The molecule has 2 heteroatoms. The number of nitrogens with two attached hydrogens (primary N) is 1. The molecular formula is C17H28N2. The predicted molar refractivity (Wildman–Crippen MR) is 82.4 cm³/mol. The highest BCUT2D eigenvalue weighted by Gasteiger charge is 2.37. The molecule has 0 bridgehead atoms. The fourth-order valence-corrected chi connectivity index (χ4v) is 3.77. The summed E-state index contributed by atoms with van der Waals surface area (Å²) in [6.45, 7) is 13.2. The second kappa shape index (κ2) is 5.64. The van der Waals surface area contributed by atoms with Crippen molar-refractivity contribution in [2.45, 2.75) is 53.1 Å². The minimum Gasteiger partial charge on any atom is -0.330 e. The highest BCUT2D eigenvalue weighted by molar-refractivity contribution is 5.40. The molecule has 2 unspecified atom stereocenters. The van der Waals surface area contributed by atoms with Crippen LogP contribution in [0, 0.1) is 26.7 Å². The molecule has 1 heterocycles. The van der Waals surface area contributed by atoms with E-state index in [9.17, 15) is 0 Å². The van der Waals surface area contributed by atoms with E-state index in [2.05, 4.69) is 51.7 Å². The molecule has 1 saturated heterocycles. The smallest absolute Gasteiger partial charge is 0.0396 e. The highest BCUT2D eigenvalue weighted by atomic mass is 15.2. The first-order chi connectivity index (χ1) is 8.95. The maximum absolute atomic E-state index is 6.03. The van der Waals surface area contributed by atoms with Gasteiger partial charge in [-0.1, -0.05) is 17.7 Å². The van der Waals surface area contributed by atoms with Gasteiger partial charge in [0.15, 0.2) is 0 Å². The van der Waals surface area contributed by atoms with Crippen LogP contribution in [0.5, 0.6) is 0 Å². The van der Waals surface area contributed by atoms with Gasteiger partial charge in [-0.3, -0.25) is 4.90 Å². The molecular weight excluding hydrogens is 232 g/mol. The van der Waals surface area contributed by atoms with Crippen LogP contribution < -0.4 is 5.73 Å². The number of benzene rings is 1. The molecule has 1 fully saturated rings. The van der Waals surface area contributed by atoms with E-state index in [1.807, 2.05) is 0 Å². The van der Waals surface area contributed by atoms with Crippen molar-refractivity contribution < 1.29 is 0 Å². The molecule has 2 atom stereocenters. The van der Waals surface area contributed by atoms with Crippen LogP contribution in [-0.2, 0) is 0 Å². The molecule has 2 nitrogen and oxygen atoms in total. The first-order valence-corrected chi connectivity index (χ1v) is 7.49. The number of rotatable bonds is 3. The SMILES string of the molecule is Cc1cc(C)c(C2C(CN)CCN2C(C)C)c(C)c1. The third-order valence-corrected chi connectivity index (χ3v) is 4.56. The number of hydrogen-bond acceptors (Lipinski definition) is 2. The van der Waals surface area contributed by atoms with Gasteiger partial charge < -0.3 is 5.73 Å². The van der Waals surface area contributed by atoms with E-state index < -0.39 is 0 Å². The molecule has 1 aromatic rings. The van der Waals surface area contributed by atoms with Crippen molar-refractivity contribution in [3.8, 4) is 0 Å². The monoisotopic (exact) mass is 260 g/mol. The minimum absolute atomic E-state index is 0.505. The van der Waals surface area contributed by atoms with E-state index in [0.29, 0.717) is 18.0 Å². The lowest BCUT2D eigenvalue weighted by molar-refractivity contribution is 0.183. The molecule has 1 aliphatic rings.